The van der Waals surface area contributed by atoms with Crippen molar-refractivity contribution in [2.45, 2.75) is 65.5 Å². The van der Waals surface area contributed by atoms with E-state index in [0.717, 1.165) is 29.4 Å². The van der Waals surface area contributed by atoms with Crippen molar-refractivity contribution in [2.24, 2.45) is 5.41 Å². The molecule has 0 bridgehead atoms. The average molecular weight is 329 g/mol. The van der Waals surface area contributed by atoms with Crippen molar-refractivity contribution in [3.8, 4) is 0 Å². The Labute approximate surface area is 143 Å². The van der Waals surface area contributed by atoms with Gasteiger partial charge < -0.3 is 9.67 Å². The number of nitrogens with zero attached hydrogens (tertiary/aromatic N) is 2. The van der Waals surface area contributed by atoms with E-state index in [0.29, 0.717) is 18.4 Å². The van der Waals surface area contributed by atoms with Gasteiger partial charge in [-0.1, -0.05) is 26.8 Å². The van der Waals surface area contributed by atoms with Crippen LogP contribution in [-0.4, -0.2) is 20.6 Å². The highest BCUT2D eigenvalue weighted by Gasteiger charge is 2.26. The molecule has 0 radical (unpaired) electrons. The molecule has 5 heteroatoms. The highest BCUT2D eigenvalue weighted by atomic mass is 16.3. The summed E-state index contributed by atoms with van der Waals surface area (Å²) in [7, 11) is 0. The summed E-state index contributed by atoms with van der Waals surface area (Å²) >= 11 is 0. The van der Waals surface area contributed by atoms with Crippen molar-refractivity contribution in [1.82, 2.24) is 9.55 Å². The molecule has 2 N–H and O–H groups in total. The minimum absolute atomic E-state index is 0.00544. The number of aliphatic hydroxyl groups is 1. The minimum atomic E-state index is -0.516. The topological polar surface area (TPSA) is 67.2 Å². The molecule has 1 atom stereocenters. The lowest BCUT2D eigenvalue weighted by Crippen LogP contribution is -2.24. The molecule has 0 spiro atoms. The molecule has 130 valence electrons. The first-order valence-corrected chi connectivity index (χ1v) is 8.74. The van der Waals surface area contributed by atoms with Crippen LogP contribution in [0.3, 0.4) is 0 Å². The Morgan fingerprint density at radius 1 is 1.42 bits per heavy atom. The number of hydrogen-bond donors (Lipinski definition) is 2. The largest absolute Gasteiger partial charge is 0.389 e. The third-order valence-electron chi connectivity index (χ3n) is 4.58. The Kier molecular flexibility index (Phi) is 4.38. The summed E-state index contributed by atoms with van der Waals surface area (Å²) in [6.45, 7) is 7.92. The third kappa shape index (κ3) is 3.46. The van der Waals surface area contributed by atoms with Gasteiger partial charge in [-0.15, -0.1) is 0 Å². The van der Waals surface area contributed by atoms with Gasteiger partial charge >= 0.3 is 0 Å². The van der Waals surface area contributed by atoms with E-state index in [1.807, 2.05) is 18.2 Å². The molecule has 0 aliphatic heterocycles. The number of aliphatic hydroxyl groups excluding tert-OH is 1. The van der Waals surface area contributed by atoms with Crippen molar-refractivity contribution in [3.63, 3.8) is 0 Å². The van der Waals surface area contributed by atoms with Crippen LogP contribution in [0.1, 0.15) is 71.1 Å². The highest BCUT2D eigenvalue weighted by molar-refractivity contribution is 5.92. The second kappa shape index (κ2) is 6.20. The number of fused-ring (bicyclic) bond motifs is 1. The fourth-order valence-corrected chi connectivity index (χ4v) is 3.12. The van der Waals surface area contributed by atoms with E-state index >= 15 is 0 Å². The average Bonchev–Trinajstić information content (AvgIpc) is 2.72. The number of anilines is 1. The molecule has 0 unspecified atom stereocenters. The molecule has 1 aromatic carbocycles. The summed E-state index contributed by atoms with van der Waals surface area (Å²) in [5.41, 5.74) is 2.66. The molecule has 1 heterocycles. The summed E-state index contributed by atoms with van der Waals surface area (Å²) in [5, 5.41) is 12.9. The number of carbonyl (C=O) groups is 1. The predicted molar refractivity (Wildman–Crippen MR) is 96.0 cm³/mol. The zero-order chi connectivity index (χ0) is 17.5. The van der Waals surface area contributed by atoms with E-state index in [-0.39, 0.29) is 11.3 Å². The van der Waals surface area contributed by atoms with Crippen molar-refractivity contribution in [2.75, 3.05) is 5.32 Å². The summed E-state index contributed by atoms with van der Waals surface area (Å²) in [6, 6.07) is 6.19. The number of nitrogens with one attached hydrogen (secondary N) is 1. The second-order valence-electron chi connectivity index (χ2n) is 8.10. The zero-order valence-electron chi connectivity index (χ0n) is 15.0. The van der Waals surface area contributed by atoms with Crippen LogP contribution < -0.4 is 5.32 Å². The maximum Gasteiger partial charge on any atom is 0.227 e. The molecule has 1 aromatic heterocycles. The fraction of sp³-hybridized carbons (Fsp3) is 0.579. The first kappa shape index (κ1) is 17.0. The first-order valence-electron chi connectivity index (χ1n) is 8.74. The molecule has 1 aliphatic carbocycles. The molecular formula is C19H27N3O2. The minimum Gasteiger partial charge on any atom is -0.389 e. The number of aromatic nitrogens is 2. The van der Waals surface area contributed by atoms with E-state index in [1.54, 1.807) is 6.92 Å². The van der Waals surface area contributed by atoms with Gasteiger partial charge in [0.25, 0.3) is 0 Å². The van der Waals surface area contributed by atoms with Gasteiger partial charge in [0.05, 0.1) is 17.1 Å². The second-order valence-corrected chi connectivity index (χ2v) is 8.10. The van der Waals surface area contributed by atoms with Gasteiger partial charge in [0.15, 0.2) is 0 Å². The monoisotopic (exact) mass is 329 g/mol. The van der Waals surface area contributed by atoms with Gasteiger partial charge in [-0.3, -0.25) is 10.1 Å². The number of imidazole rings is 1. The molecule has 2 aromatic rings. The Hall–Kier alpha value is -1.88. The summed E-state index contributed by atoms with van der Waals surface area (Å²) in [4.78, 5) is 17.0. The summed E-state index contributed by atoms with van der Waals surface area (Å²) in [6.07, 6.45) is 3.35. The Morgan fingerprint density at radius 3 is 2.67 bits per heavy atom. The van der Waals surface area contributed by atoms with E-state index in [1.165, 1.54) is 6.42 Å². The third-order valence-corrected chi connectivity index (χ3v) is 4.58. The van der Waals surface area contributed by atoms with E-state index in [9.17, 15) is 9.90 Å². The Bertz CT molecular complexity index is 752. The lowest BCUT2D eigenvalue weighted by Gasteiger charge is -2.29. The molecule has 0 saturated heterocycles. The smallest absolute Gasteiger partial charge is 0.227 e. The van der Waals surface area contributed by atoms with Crippen LogP contribution >= 0.6 is 0 Å². The lowest BCUT2D eigenvalue weighted by atomic mass is 9.92. The van der Waals surface area contributed by atoms with Crippen molar-refractivity contribution in [1.29, 1.82) is 0 Å². The molecular weight excluding hydrogens is 302 g/mol. The van der Waals surface area contributed by atoms with Gasteiger partial charge in [-0.2, -0.15) is 0 Å². The molecule has 1 saturated carbocycles. The molecule has 1 amide bonds. The van der Waals surface area contributed by atoms with Crippen LogP contribution in [0.5, 0.6) is 0 Å². The number of carbonyl (C=O) groups excluding carboxylic acids is 1. The van der Waals surface area contributed by atoms with Gasteiger partial charge in [-0.05, 0) is 49.3 Å². The van der Waals surface area contributed by atoms with E-state index < -0.39 is 6.10 Å². The van der Waals surface area contributed by atoms with Crippen LogP contribution in [0.15, 0.2) is 18.2 Å². The molecule has 3 rings (SSSR count). The Balaban J connectivity index is 1.98. The number of benzene rings is 1. The van der Waals surface area contributed by atoms with Crippen LogP contribution in [-0.2, 0) is 4.79 Å². The van der Waals surface area contributed by atoms with Crippen molar-refractivity contribution < 1.29 is 9.90 Å². The highest BCUT2D eigenvalue weighted by Crippen LogP contribution is 2.38. The standard InChI is InChI=1S/C19H27N3O2/c1-12(23)13-8-9-15-16(10-13)22(14-6-5-7-14)18(20-15)21-17(24)11-19(2,3)4/h8-10,12,14,23H,5-7,11H2,1-4H3,(H,20,21,24)/t12-/m1/s1. The van der Waals surface area contributed by atoms with Gasteiger partial charge in [0.2, 0.25) is 11.9 Å². The first-order chi connectivity index (χ1) is 11.2. The summed E-state index contributed by atoms with van der Waals surface area (Å²) < 4.78 is 2.14. The van der Waals surface area contributed by atoms with Gasteiger partial charge in [0.1, 0.15) is 0 Å². The number of rotatable bonds is 4. The van der Waals surface area contributed by atoms with E-state index in [4.69, 9.17) is 0 Å². The molecule has 1 fully saturated rings. The molecule has 1 aliphatic rings. The summed E-state index contributed by atoms with van der Waals surface area (Å²) in [5.74, 6) is 0.626. The lowest BCUT2D eigenvalue weighted by molar-refractivity contribution is -0.117. The van der Waals surface area contributed by atoms with Crippen LogP contribution in [0.4, 0.5) is 5.95 Å². The Morgan fingerprint density at radius 2 is 2.12 bits per heavy atom. The van der Waals surface area contributed by atoms with Gasteiger partial charge in [-0.25, -0.2) is 4.98 Å². The maximum absolute atomic E-state index is 12.4. The van der Waals surface area contributed by atoms with Crippen LogP contribution in [0.2, 0.25) is 0 Å². The quantitative estimate of drug-likeness (QED) is 0.884. The van der Waals surface area contributed by atoms with Crippen molar-refractivity contribution >= 4 is 22.9 Å². The van der Waals surface area contributed by atoms with Crippen LogP contribution in [0.25, 0.3) is 11.0 Å². The number of amides is 1. The number of hydrogen-bond acceptors (Lipinski definition) is 3. The normalized spacial score (nSPS) is 16.9. The van der Waals surface area contributed by atoms with Crippen LogP contribution in [0, 0.1) is 5.41 Å². The molecule has 24 heavy (non-hydrogen) atoms. The van der Waals surface area contributed by atoms with E-state index in [2.05, 4.69) is 35.6 Å². The van der Waals surface area contributed by atoms with Gasteiger partial charge in [0, 0.05) is 12.5 Å². The zero-order valence-corrected chi connectivity index (χ0v) is 15.0. The maximum atomic E-state index is 12.4. The predicted octanol–water partition coefficient (Wildman–Crippen LogP) is 4.19. The fourth-order valence-electron chi connectivity index (χ4n) is 3.12. The molecule has 5 nitrogen and oxygen atoms in total. The SMILES string of the molecule is C[C@@H](O)c1ccc2nc(NC(=O)CC(C)(C)C)n(C3CCC3)c2c1. The van der Waals surface area contributed by atoms with Crippen molar-refractivity contribution in [3.05, 3.63) is 23.8 Å².